The number of carbonyl (C=O) groups excluding carboxylic acids is 5. The highest BCUT2D eigenvalue weighted by Crippen LogP contribution is 2.72. The molecule has 4 bridgehead atoms. The van der Waals surface area contributed by atoms with Crippen LogP contribution in [0.25, 0.3) is 6.08 Å². The van der Waals surface area contributed by atoms with Gasteiger partial charge in [0.1, 0.15) is 52.8 Å². The van der Waals surface area contributed by atoms with E-state index in [1.165, 1.54) is 31.4 Å². The maximum atomic E-state index is 16.9. The zero-order chi connectivity index (χ0) is 58.0. The van der Waals surface area contributed by atoms with Gasteiger partial charge in [0.25, 0.3) is 0 Å². The SMILES string of the molecule is CNC12CC3C(C)(C)OC(C/C=C(/C)C(=O)OC)(C1=O)C31Oc3c(CC=C(C)C)c4c(c(OC(=O)C(C)CC(=O)c5ccc(O[C@@H]6O[C@H](CO)[C@@H](O)[C@H](O)[C@H]6O)cc5)c3C(=O)C1C2N1CCOCC1)C=CC(C)(CCC=C(C)C)O4. The van der Waals surface area contributed by atoms with E-state index >= 15 is 9.59 Å². The largest absolute Gasteiger partial charge is 0.482 e. The van der Waals surface area contributed by atoms with Crippen LogP contribution >= 0.6 is 0 Å². The van der Waals surface area contributed by atoms with Gasteiger partial charge in [-0.15, -0.1) is 0 Å². The molecule has 19 nitrogen and oxygen atoms in total. The fourth-order valence-corrected chi connectivity index (χ4v) is 13.5. The Balaban J connectivity index is 1.17. The summed E-state index contributed by atoms with van der Waals surface area (Å²) in [5, 5.41) is 44.1. The standard InChI is InChI=1S/C61H78N2O17/c1-32(2)13-12-22-58(9)23-21-39-49(78-58)38(19-14-33(3)4)51-43(50(39)77-54(71)35(6)29-40(65)36-15-17-37(18-16-36)75-55-48(69)47(68)45(66)41(31-64)76-55)46(67)44-52(63-25-27-74-28-26-63)59(62-10)30-42-57(7,8)80-60(56(59)72,61(42,44)79-51)24-20-34(5)53(70)73-11/h13-18,20-21,23,35,41-42,44-45,47-48,52,55,62,64,66,68-69H,12,19,22,24-31H2,1-11H3/b34-20-/t35?,41-,42?,44?,45-,47+,48-,52?,55-,58?,59?,60?,61?/m1/s1. The van der Waals surface area contributed by atoms with E-state index < -0.39 is 113 Å². The van der Waals surface area contributed by atoms with Gasteiger partial charge in [-0.05, 0) is 125 Å². The third kappa shape index (κ3) is 9.86. The Morgan fingerprint density at radius 3 is 2.24 bits per heavy atom. The van der Waals surface area contributed by atoms with Crippen molar-refractivity contribution >= 4 is 35.4 Å². The number of ether oxygens (including phenoxy) is 8. The number of rotatable bonds is 18. The molecule has 3 saturated heterocycles. The van der Waals surface area contributed by atoms with Gasteiger partial charge in [-0.25, -0.2) is 4.79 Å². The molecule has 2 aromatic carbocycles. The van der Waals surface area contributed by atoms with Crippen molar-refractivity contribution in [2.45, 2.75) is 166 Å². The fourth-order valence-electron chi connectivity index (χ4n) is 13.5. The summed E-state index contributed by atoms with van der Waals surface area (Å²) in [5.74, 6) is -4.91. The van der Waals surface area contributed by atoms with E-state index in [-0.39, 0.29) is 65.4 Å². The van der Waals surface area contributed by atoms with E-state index in [1.807, 2.05) is 66.7 Å². The van der Waals surface area contributed by atoms with E-state index in [9.17, 15) is 34.8 Å². The molecule has 5 N–H and O–H groups in total. The summed E-state index contributed by atoms with van der Waals surface area (Å²) < 4.78 is 51.0. The Bertz CT molecular complexity index is 2910. The molecule has 2 aromatic rings. The summed E-state index contributed by atoms with van der Waals surface area (Å²) in [6.07, 6.45) is 3.26. The zero-order valence-corrected chi connectivity index (χ0v) is 47.7. The third-order valence-corrected chi connectivity index (χ3v) is 17.6. The van der Waals surface area contributed by atoms with Crippen molar-refractivity contribution in [3.05, 3.63) is 87.5 Å². The number of esters is 2. The van der Waals surface area contributed by atoms with Crippen LogP contribution in [0.1, 0.15) is 126 Å². The van der Waals surface area contributed by atoms with Crippen LogP contribution in [0.2, 0.25) is 0 Å². The Morgan fingerprint density at radius 2 is 1.60 bits per heavy atom. The second-order valence-electron chi connectivity index (χ2n) is 23.9. The summed E-state index contributed by atoms with van der Waals surface area (Å²) in [4.78, 5) is 77.2. The predicted molar refractivity (Wildman–Crippen MR) is 291 cm³/mol. The van der Waals surface area contributed by atoms with E-state index in [0.717, 1.165) is 11.1 Å². The molecule has 1 spiro atoms. The molecule has 0 aromatic heterocycles. The second-order valence-corrected chi connectivity index (χ2v) is 23.9. The van der Waals surface area contributed by atoms with Crippen LogP contribution in [0, 0.1) is 17.8 Å². The first-order valence-electron chi connectivity index (χ1n) is 27.8. The molecule has 5 aliphatic heterocycles. The van der Waals surface area contributed by atoms with Crippen molar-refractivity contribution in [3.8, 4) is 23.0 Å². The molecule has 434 valence electrons. The molecule has 0 amide bonds. The van der Waals surface area contributed by atoms with Crippen LogP contribution in [0.5, 0.6) is 23.0 Å². The number of aliphatic hydroxyl groups is 4. The van der Waals surface area contributed by atoms with Crippen molar-refractivity contribution in [2.24, 2.45) is 17.8 Å². The van der Waals surface area contributed by atoms with Crippen molar-refractivity contribution in [2.75, 3.05) is 47.1 Å². The molecule has 3 saturated carbocycles. The highest BCUT2D eigenvalue weighted by Gasteiger charge is 2.89. The lowest BCUT2D eigenvalue weighted by molar-refractivity contribution is -0.277. The van der Waals surface area contributed by atoms with Crippen LogP contribution < -0.4 is 24.3 Å². The smallest absolute Gasteiger partial charge is 0.333 e. The van der Waals surface area contributed by atoms with Gasteiger partial charge in [0, 0.05) is 54.6 Å². The molecule has 10 rings (SSSR count). The van der Waals surface area contributed by atoms with Gasteiger partial charge in [0.15, 0.2) is 34.3 Å². The highest BCUT2D eigenvalue weighted by molar-refractivity contribution is 6.13. The number of allylic oxidation sites excluding steroid dienone is 4. The normalized spacial score (nSPS) is 33.3. The molecule has 3 aliphatic carbocycles. The van der Waals surface area contributed by atoms with E-state index in [0.29, 0.717) is 56.0 Å². The summed E-state index contributed by atoms with van der Waals surface area (Å²) in [6, 6.07) is 5.00. The second kappa shape index (κ2) is 22.3. The summed E-state index contributed by atoms with van der Waals surface area (Å²) >= 11 is 0. The number of ketones is 3. The molecular formula is C61H78N2O17. The van der Waals surface area contributed by atoms with Gasteiger partial charge in [-0.1, -0.05) is 36.3 Å². The molecule has 19 heteroatoms. The molecule has 13 atom stereocenters. The van der Waals surface area contributed by atoms with Crippen molar-refractivity contribution < 1.29 is 82.3 Å². The number of benzene rings is 2. The lowest BCUT2D eigenvalue weighted by Crippen LogP contribution is -2.90. The molecule has 0 radical (unpaired) electrons. The first-order valence-corrected chi connectivity index (χ1v) is 27.8. The molecule has 5 heterocycles. The lowest BCUT2D eigenvalue weighted by atomic mass is 9.42. The molecule has 80 heavy (non-hydrogen) atoms. The van der Waals surface area contributed by atoms with Gasteiger partial charge >= 0.3 is 11.9 Å². The number of nitrogens with zero attached hydrogens (tertiary/aromatic N) is 1. The fraction of sp³-hybridized carbons (Fsp3) is 0.590. The van der Waals surface area contributed by atoms with E-state index in [1.54, 1.807) is 27.0 Å². The number of morpholine rings is 1. The topological polar surface area (TPSA) is 255 Å². The van der Waals surface area contributed by atoms with Crippen molar-refractivity contribution in [3.63, 3.8) is 0 Å². The Morgan fingerprint density at radius 1 is 0.912 bits per heavy atom. The highest BCUT2D eigenvalue weighted by atomic mass is 16.7. The first kappa shape index (κ1) is 59.0. The maximum Gasteiger partial charge on any atom is 0.333 e. The number of carbonyl (C=O) groups is 5. The summed E-state index contributed by atoms with van der Waals surface area (Å²) in [6.45, 7) is 17.8. The molecule has 8 unspecified atom stereocenters. The summed E-state index contributed by atoms with van der Waals surface area (Å²) in [7, 11) is 3.01. The van der Waals surface area contributed by atoms with Gasteiger partial charge in [-0.2, -0.15) is 0 Å². The third-order valence-electron chi connectivity index (χ3n) is 17.6. The number of Topliss-reactive ketones (excluding diaryl/α,β-unsaturated/α-hetero) is 3. The Labute approximate surface area is 467 Å². The lowest BCUT2D eigenvalue weighted by Gasteiger charge is -2.68. The zero-order valence-electron chi connectivity index (χ0n) is 47.7. The quantitative estimate of drug-likeness (QED) is 0.0415. The number of nitrogens with one attached hydrogen (secondary N) is 1. The number of methoxy groups -OCH3 is 1. The summed E-state index contributed by atoms with van der Waals surface area (Å²) in [5.41, 5.74) is -3.48. The van der Waals surface area contributed by atoms with Crippen LogP contribution in [0.3, 0.4) is 0 Å². The number of hydrogen-bond donors (Lipinski definition) is 5. The first-order chi connectivity index (χ1) is 37.8. The number of fused-ring (bicyclic) bond motifs is 2. The maximum absolute atomic E-state index is 16.9. The predicted octanol–water partition coefficient (Wildman–Crippen LogP) is 5.35. The monoisotopic (exact) mass is 1110 g/mol. The van der Waals surface area contributed by atoms with Gasteiger partial charge in [0.2, 0.25) is 6.29 Å². The number of hydrogen-bond acceptors (Lipinski definition) is 19. The molecular weight excluding hydrogens is 1030 g/mol. The Kier molecular flexibility index (Phi) is 16.4. The van der Waals surface area contributed by atoms with Gasteiger partial charge < -0.3 is 63.6 Å². The number of aliphatic hydroxyl groups excluding tert-OH is 4. The average molecular weight is 1110 g/mol. The molecule has 6 fully saturated rings. The van der Waals surface area contributed by atoms with Gasteiger partial charge in [-0.3, -0.25) is 24.1 Å². The Hall–Kier alpha value is -5.61. The minimum Gasteiger partial charge on any atom is -0.482 e. The van der Waals surface area contributed by atoms with Crippen molar-refractivity contribution in [1.29, 1.82) is 0 Å². The minimum atomic E-state index is -1.85. The van der Waals surface area contributed by atoms with Crippen molar-refractivity contribution in [1.82, 2.24) is 10.2 Å². The number of likely N-dealkylation sites (N-methyl/N-ethyl adjacent to an activating group) is 1. The molecule has 8 aliphatic rings. The van der Waals surface area contributed by atoms with Crippen LogP contribution in [0.4, 0.5) is 0 Å². The van der Waals surface area contributed by atoms with E-state index in [2.05, 4.69) is 16.3 Å². The van der Waals surface area contributed by atoms with E-state index in [4.69, 9.17) is 37.9 Å². The van der Waals surface area contributed by atoms with Crippen LogP contribution in [-0.4, -0.2) is 166 Å². The average Bonchev–Trinajstić information content (AvgIpc) is 2.42. The van der Waals surface area contributed by atoms with Gasteiger partial charge in [0.05, 0.1) is 55.5 Å². The minimum absolute atomic E-state index is 0.00190. The van der Waals surface area contributed by atoms with Crippen LogP contribution in [0.15, 0.2) is 65.3 Å². The van der Waals surface area contributed by atoms with Crippen LogP contribution in [-0.2, 0) is 39.8 Å².